The molecule has 2 aliphatic heterocycles. The number of rotatable bonds is 8. The second-order valence-electron chi connectivity index (χ2n) is 13.3. The Hall–Kier alpha value is -3.05. The van der Waals surface area contributed by atoms with Crippen LogP contribution in [-0.4, -0.2) is 94.8 Å². The number of likely N-dealkylation sites (tertiary alicyclic amines) is 1. The first-order valence-corrected chi connectivity index (χ1v) is 17.2. The predicted octanol–water partition coefficient (Wildman–Crippen LogP) is 4.35. The fraction of sp³-hybridized carbons (Fsp3) is 0.529. The van der Waals surface area contributed by atoms with Crippen molar-refractivity contribution < 1.29 is 18.9 Å². The number of carbonyl (C=O) groups excluding carboxylic acids is 2. The normalized spacial score (nSPS) is 19.0. The maximum atomic E-state index is 13.8. The molecular formula is C34H47N5O4S. The molecule has 2 amide bonds. The van der Waals surface area contributed by atoms with E-state index >= 15 is 0 Å². The molecule has 3 heterocycles. The predicted molar refractivity (Wildman–Crippen MR) is 178 cm³/mol. The van der Waals surface area contributed by atoms with Crippen molar-refractivity contribution in [3.05, 3.63) is 58.8 Å². The van der Waals surface area contributed by atoms with Crippen molar-refractivity contribution in [2.45, 2.75) is 57.4 Å². The van der Waals surface area contributed by atoms with Gasteiger partial charge in [-0.05, 0) is 61.2 Å². The van der Waals surface area contributed by atoms with Gasteiger partial charge in [-0.1, -0.05) is 50.1 Å². The molecule has 2 atom stereocenters. The van der Waals surface area contributed by atoms with Crippen LogP contribution >= 0.6 is 0 Å². The van der Waals surface area contributed by atoms with Gasteiger partial charge in [-0.25, -0.2) is 0 Å². The van der Waals surface area contributed by atoms with Crippen molar-refractivity contribution in [3.63, 3.8) is 0 Å². The summed E-state index contributed by atoms with van der Waals surface area (Å²) in [5.41, 5.74) is 4.98. The number of hydrogen-bond acceptors (Lipinski definition) is 6. The van der Waals surface area contributed by atoms with Gasteiger partial charge in [0.1, 0.15) is 17.2 Å². The van der Waals surface area contributed by atoms with E-state index in [-0.39, 0.29) is 23.3 Å². The Morgan fingerprint density at radius 1 is 1.05 bits per heavy atom. The summed E-state index contributed by atoms with van der Waals surface area (Å²) in [6.45, 7) is 11.2. The Morgan fingerprint density at radius 3 is 2.39 bits per heavy atom. The molecule has 0 radical (unpaired) electrons. The van der Waals surface area contributed by atoms with Crippen molar-refractivity contribution in [2.24, 2.45) is 7.05 Å². The molecule has 0 saturated carbocycles. The average Bonchev–Trinajstić information content (AvgIpc) is 3.55. The fourth-order valence-corrected chi connectivity index (χ4v) is 7.27. The van der Waals surface area contributed by atoms with Crippen LogP contribution in [0.2, 0.25) is 0 Å². The molecule has 2 saturated heterocycles. The standard InChI is InChI=1S/C34H47N5O4S/c1-34(2,3)26-18-25(22-44(7)42)31(43-6)27(20-26)35-32(40)29-19-23-10-8-11-24(30(23)37(29)5)21-38-14-16-39(17-15-38)33(41)28-12-9-13-36(28)4/h8,10-11,18-20,28H,9,12-17,21-22H2,1-7H3,(H,35,40)/t28-,44?/m0/s1. The van der Waals surface area contributed by atoms with E-state index in [0.717, 1.165) is 79.7 Å². The Kier molecular flexibility index (Phi) is 9.65. The minimum atomic E-state index is -1.07. The summed E-state index contributed by atoms with van der Waals surface area (Å²) in [5, 5.41) is 4.12. The maximum Gasteiger partial charge on any atom is 0.272 e. The highest BCUT2D eigenvalue weighted by Crippen LogP contribution is 2.37. The highest BCUT2D eigenvalue weighted by molar-refractivity contribution is 7.89. The maximum absolute atomic E-state index is 13.8. The molecule has 0 aliphatic carbocycles. The molecule has 2 aliphatic rings. The molecule has 9 nitrogen and oxygen atoms in total. The lowest BCUT2D eigenvalue weighted by atomic mass is 9.85. The largest absolute Gasteiger partial charge is 0.616 e. The van der Waals surface area contributed by atoms with Crippen molar-refractivity contribution in [1.29, 1.82) is 0 Å². The van der Waals surface area contributed by atoms with Gasteiger partial charge in [0.15, 0.2) is 0 Å². The number of nitrogens with one attached hydrogen (secondary N) is 1. The van der Waals surface area contributed by atoms with Crippen LogP contribution in [0.1, 0.15) is 60.8 Å². The third kappa shape index (κ3) is 6.78. The number of carbonyl (C=O) groups is 2. The molecule has 3 aromatic rings. The summed E-state index contributed by atoms with van der Waals surface area (Å²) in [4.78, 5) is 33.5. The number of fused-ring (bicyclic) bond motifs is 1. The number of amides is 2. The second kappa shape index (κ2) is 13.1. The smallest absolute Gasteiger partial charge is 0.272 e. The van der Waals surface area contributed by atoms with Crippen LogP contribution in [0.15, 0.2) is 36.4 Å². The van der Waals surface area contributed by atoms with Crippen LogP contribution in [0.3, 0.4) is 0 Å². The van der Waals surface area contributed by atoms with Gasteiger partial charge in [0.2, 0.25) is 5.91 Å². The minimum absolute atomic E-state index is 0.0290. The third-order valence-electron chi connectivity index (χ3n) is 9.10. The number of methoxy groups -OCH3 is 1. The molecule has 0 spiro atoms. The Morgan fingerprint density at radius 2 is 1.77 bits per heavy atom. The van der Waals surface area contributed by atoms with Crippen molar-refractivity contribution >= 4 is 39.6 Å². The molecule has 10 heteroatoms. The number of aromatic nitrogens is 1. The quantitative estimate of drug-likeness (QED) is 0.376. The van der Waals surface area contributed by atoms with E-state index in [4.69, 9.17) is 4.74 Å². The number of likely N-dealkylation sites (N-methyl/N-ethyl adjacent to an activating group) is 1. The van der Waals surface area contributed by atoms with E-state index in [9.17, 15) is 14.1 Å². The van der Waals surface area contributed by atoms with Gasteiger partial charge < -0.3 is 24.1 Å². The Labute approximate surface area is 264 Å². The lowest BCUT2D eigenvalue weighted by Crippen LogP contribution is -2.52. The number of para-hydroxylation sites is 1. The van der Waals surface area contributed by atoms with Gasteiger partial charge in [-0.2, -0.15) is 0 Å². The number of ether oxygens (including phenoxy) is 1. The highest BCUT2D eigenvalue weighted by Gasteiger charge is 2.33. The first kappa shape index (κ1) is 32.3. The fourth-order valence-electron chi connectivity index (χ4n) is 6.62. The summed E-state index contributed by atoms with van der Waals surface area (Å²) >= 11 is -1.07. The van der Waals surface area contributed by atoms with Crippen LogP contribution in [0.5, 0.6) is 5.75 Å². The van der Waals surface area contributed by atoms with Crippen LogP contribution < -0.4 is 10.1 Å². The van der Waals surface area contributed by atoms with Gasteiger partial charge in [0, 0.05) is 50.7 Å². The molecule has 238 valence electrons. The lowest BCUT2D eigenvalue weighted by molar-refractivity contribution is -0.137. The van der Waals surface area contributed by atoms with Crippen molar-refractivity contribution in [2.75, 3.05) is 58.5 Å². The molecule has 1 unspecified atom stereocenters. The Bertz CT molecular complexity index is 1520. The van der Waals surface area contributed by atoms with Crippen LogP contribution in [0.4, 0.5) is 5.69 Å². The number of nitrogens with zero attached hydrogens (tertiary/aromatic N) is 4. The van der Waals surface area contributed by atoms with Gasteiger partial charge >= 0.3 is 0 Å². The molecule has 1 aromatic heterocycles. The first-order chi connectivity index (χ1) is 20.9. The van der Waals surface area contributed by atoms with Gasteiger partial charge in [0.25, 0.3) is 5.91 Å². The summed E-state index contributed by atoms with van der Waals surface area (Å²) in [7, 11) is 5.56. The highest BCUT2D eigenvalue weighted by atomic mass is 32.2. The molecular weight excluding hydrogens is 574 g/mol. The number of aryl methyl sites for hydroxylation is 1. The van der Waals surface area contributed by atoms with Crippen LogP contribution in [-0.2, 0) is 40.7 Å². The van der Waals surface area contributed by atoms with E-state index in [1.54, 1.807) is 13.4 Å². The Balaban J connectivity index is 1.35. The van der Waals surface area contributed by atoms with E-state index in [2.05, 4.69) is 42.0 Å². The first-order valence-electron chi connectivity index (χ1n) is 15.5. The summed E-state index contributed by atoms with van der Waals surface area (Å²) < 4.78 is 19.9. The number of anilines is 1. The topological polar surface area (TPSA) is 93.1 Å². The van der Waals surface area contributed by atoms with Crippen LogP contribution in [0.25, 0.3) is 10.9 Å². The molecule has 1 N–H and O–H groups in total. The van der Waals surface area contributed by atoms with Gasteiger partial charge in [0.05, 0.1) is 30.6 Å². The third-order valence-corrected chi connectivity index (χ3v) is 9.82. The summed E-state index contributed by atoms with van der Waals surface area (Å²) in [6, 6.07) is 12.2. The zero-order valence-electron chi connectivity index (χ0n) is 27.2. The lowest BCUT2D eigenvalue weighted by Gasteiger charge is -2.37. The molecule has 0 bridgehead atoms. The van der Waals surface area contributed by atoms with Gasteiger partial charge in [-0.15, -0.1) is 0 Å². The number of piperazine rings is 1. The molecule has 5 rings (SSSR count). The average molecular weight is 622 g/mol. The van der Waals surface area contributed by atoms with Crippen molar-refractivity contribution in [1.82, 2.24) is 19.3 Å². The molecule has 2 aromatic carbocycles. The van der Waals surface area contributed by atoms with E-state index in [1.807, 2.05) is 53.9 Å². The van der Waals surface area contributed by atoms with E-state index < -0.39 is 11.2 Å². The number of hydrogen-bond donors (Lipinski definition) is 1. The number of benzene rings is 2. The zero-order valence-corrected chi connectivity index (χ0v) is 28.1. The van der Waals surface area contributed by atoms with Crippen molar-refractivity contribution in [3.8, 4) is 5.75 Å². The minimum Gasteiger partial charge on any atom is -0.616 e. The summed E-state index contributed by atoms with van der Waals surface area (Å²) in [6.07, 6.45) is 3.71. The zero-order chi connectivity index (χ0) is 31.8. The monoisotopic (exact) mass is 621 g/mol. The van der Waals surface area contributed by atoms with E-state index in [1.165, 1.54) is 0 Å². The molecule has 44 heavy (non-hydrogen) atoms. The SMILES string of the molecule is COc1c(C[S+](C)[O-])cc(C(C)(C)C)cc1NC(=O)c1cc2cccc(CN3CCN(C(=O)[C@@H]4CCCN4C)CC3)c2n1C. The van der Waals surface area contributed by atoms with Gasteiger partial charge in [-0.3, -0.25) is 19.4 Å². The second-order valence-corrected chi connectivity index (χ2v) is 14.8. The molecule has 2 fully saturated rings. The van der Waals surface area contributed by atoms with E-state index in [0.29, 0.717) is 22.9 Å². The van der Waals surface area contributed by atoms with Crippen LogP contribution in [0, 0.1) is 0 Å². The summed E-state index contributed by atoms with van der Waals surface area (Å²) in [5.74, 6) is 0.919.